The maximum atomic E-state index is 8.67. The second kappa shape index (κ2) is 6.95. The molecule has 0 aliphatic rings. The number of hydrogen-bond donors (Lipinski definition) is 3. The number of rotatable bonds is 7. The van der Waals surface area contributed by atoms with E-state index in [2.05, 4.69) is 23.7 Å². The van der Waals surface area contributed by atoms with Gasteiger partial charge >= 0.3 is 0 Å². The highest BCUT2D eigenvalue weighted by Gasteiger charge is 2.11. The van der Waals surface area contributed by atoms with Gasteiger partial charge in [-0.1, -0.05) is 0 Å². The van der Waals surface area contributed by atoms with E-state index in [1.807, 2.05) is 0 Å². The highest BCUT2D eigenvalue weighted by molar-refractivity contribution is 7.10. The molecule has 86 valence electrons. The number of aliphatic hydroxyl groups is 1. The molecule has 1 atom stereocenters. The van der Waals surface area contributed by atoms with Crippen LogP contribution in [0.1, 0.15) is 29.3 Å². The molecule has 0 saturated carbocycles. The fraction of sp³-hybridized carbons (Fsp3) is 0.636. The maximum absolute atomic E-state index is 8.67. The molecule has 1 aromatic heterocycles. The predicted molar refractivity (Wildman–Crippen MR) is 65.2 cm³/mol. The van der Waals surface area contributed by atoms with Crippen LogP contribution < -0.4 is 11.1 Å². The molecule has 0 bridgehead atoms. The van der Waals surface area contributed by atoms with E-state index < -0.39 is 0 Å². The van der Waals surface area contributed by atoms with Crippen molar-refractivity contribution in [2.45, 2.75) is 25.8 Å². The lowest BCUT2D eigenvalue weighted by molar-refractivity contribution is 0.282. The number of unbranched alkanes of at least 4 members (excludes halogenated alkanes) is 1. The Labute approximate surface area is 95.3 Å². The monoisotopic (exact) mass is 228 g/mol. The number of hydrogen-bond acceptors (Lipinski definition) is 4. The molecule has 4 heteroatoms. The molecule has 1 heterocycles. The molecule has 0 aromatic carbocycles. The number of aliphatic hydroxyl groups excluding tert-OH is 1. The first-order valence-electron chi connectivity index (χ1n) is 5.38. The molecule has 3 nitrogen and oxygen atoms in total. The van der Waals surface area contributed by atoms with Gasteiger partial charge in [0.1, 0.15) is 0 Å². The average molecular weight is 228 g/mol. The summed E-state index contributed by atoms with van der Waals surface area (Å²) in [6, 6.07) is 2.39. The molecule has 4 N–H and O–H groups in total. The molecular weight excluding hydrogens is 208 g/mol. The molecule has 0 amide bonds. The Hall–Kier alpha value is -0.420. The van der Waals surface area contributed by atoms with E-state index in [4.69, 9.17) is 10.8 Å². The lowest BCUT2D eigenvalue weighted by Crippen LogP contribution is -2.28. The minimum absolute atomic E-state index is 0.267. The summed E-state index contributed by atoms with van der Waals surface area (Å²) < 4.78 is 0. The molecule has 0 saturated heterocycles. The Bertz CT molecular complexity index is 275. The summed E-state index contributed by atoms with van der Waals surface area (Å²) in [5.74, 6) is 0. The van der Waals surface area contributed by atoms with Crippen LogP contribution >= 0.6 is 11.3 Å². The van der Waals surface area contributed by atoms with Crippen LogP contribution in [0.5, 0.6) is 0 Å². The first-order valence-corrected chi connectivity index (χ1v) is 6.26. The van der Waals surface area contributed by atoms with Crippen LogP contribution in [0.4, 0.5) is 0 Å². The second-order valence-electron chi connectivity index (χ2n) is 3.64. The van der Waals surface area contributed by atoms with E-state index >= 15 is 0 Å². The van der Waals surface area contributed by atoms with Crippen LogP contribution in [-0.2, 0) is 0 Å². The molecule has 1 rings (SSSR count). The molecule has 1 aromatic rings. The van der Waals surface area contributed by atoms with Crippen LogP contribution in [0.3, 0.4) is 0 Å². The zero-order valence-electron chi connectivity index (χ0n) is 9.20. The van der Waals surface area contributed by atoms with Crippen molar-refractivity contribution in [1.82, 2.24) is 5.32 Å². The summed E-state index contributed by atoms with van der Waals surface area (Å²) in [6.07, 6.45) is 1.85. The van der Waals surface area contributed by atoms with Gasteiger partial charge in [0, 0.05) is 18.0 Å². The Morgan fingerprint density at radius 1 is 1.53 bits per heavy atom. The summed E-state index contributed by atoms with van der Waals surface area (Å²) in [5, 5.41) is 14.2. The Morgan fingerprint density at radius 2 is 2.33 bits per heavy atom. The van der Waals surface area contributed by atoms with Gasteiger partial charge in [-0.3, -0.25) is 0 Å². The molecule has 0 fully saturated rings. The highest BCUT2D eigenvalue weighted by atomic mass is 32.1. The van der Waals surface area contributed by atoms with Crippen LogP contribution in [-0.4, -0.2) is 24.8 Å². The molecular formula is C11H20N2OS. The predicted octanol–water partition coefficient (Wildman–Crippen LogP) is 1.42. The fourth-order valence-corrected chi connectivity index (χ4v) is 2.55. The van der Waals surface area contributed by atoms with Gasteiger partial charge in [0.25, 0.3) is 0 Å². The summed E-state index contributed by atoms with van der Waals surface area (Å²) in [7, 11) is 0. The number of nitrogens with one attached hydrogen (secondary N) is 1. The number of aryl methyl sites for hydroxylation is 1. The van der Waals surface area contributed by atoms with Crippen molar-refractivity contribution in [2.75, 3.05) is 19.7 Å². The van der Waals surface area contributed by atoms with Crippen molar-refractivity contribution >= 4 is 11.3 Å². The third kappa shape index (κ3) is 3.91. The third-order valence-electron chi connectivity index (χ3n) is 2.43. The van der Waals surface area contributed by atoms with E-state index in [0.29, 0.717) is 6.54 Å². The summed E-state index contributed by atoms with van der Waals surface area (Å²) in [5.41, 5.74) is 7.05. The van der Waals surface area contributed by atoms with E-state index in [0.717, 1.165) is 19.4 Å². The van der Waals surface area contributed by atoms with E-state index in [1.54, 1.807) is 11.3 Å². The van der Waals surface area contributed by atoms with Crippen molar-refractivity contribution < 1.29 is 5.11 Å². The normalized spacial score (nSPS) is 13.0. The van der Waals surface area contributed by atoms with Crippen LogP contribution in [0.15, 0.2) is 11.4 Å². The molecule has 0 aliphatic carbocycles. The Kier molecular flexibility index (Phi) is 5.86. The summed E-state index contributed by atoms with van der Waals surface area (Å²) in [4.78, 5) is 1.33. The molecule has 0 spiro atoms. The van der Waals surface area contributed by atoms with Gasteiger partial charge in [0.2, 0.25) is 0 Å². The highest BCUT2D eigenvalue weighted by Crippen LogP contribution is 2.22. The van der Waals surface area contributed by atoms with E-state index in [1.165, 1.54) is 10.4 Å². The van der Waals surface area contributed by atoms with Gasteiger partial charge in [0.15, 0.2) is 0 Å². The third-order valence-corrected chi connectivity index (χ3v) is 3.56. The number of thiophene rings is 1. The van der Waals surface area contributed by atoms with Gasteiger partial charge in [-0.2, -0.15) is 0 Å². The Morgan fingerprint density at radius 3 is 2.87 bits per heavy atom. The zero-order valence-corrected chi connectivity index (χ0v) is 10.0. The largest absolute Gasteiger partial charge is 0.396 e. The molecule has 1 unspecified atom stereocenters. The quantitative estimate of drug-likeness (QED) is 0.619. The zero-order chi connectivity index (χ0) is 11.1. The van der Waals surface area contributed by atoms with Crippen molar-refractivity contribution in [3.05, 3.63) is 21.9 Å². The van der Waals surface area contributed by atoms with Crippen molar-refractivity contribution in [3.63, 3.8) is 0 Å². The lowest BCUT2D eigenvalue weighted by atomic mass is 10.1. The SMILES string of the molecule is Cc1ccsc1C(CN)NCCCCO. The second-order valence-corrected chi connectivity index (χ2v) is 4.59. The first kappa shape index (κ1) is 12.6. The lowest BCUT2D eigenvalue weighted by Gasteiger charge is -2.16. The van der Waals surface area contributed by atoms with Crippen LogP contribution in [0.2, 0.25) is 0 Å². The molecule has 0 aliphatic heterocycles. The van der Waals surface area contributed by atoms with Crippen molar-refractivity contribution in [2.24, 2.45) is 5.73 Å². The maximum Gasteiger partial charge on any atom is 0.0541 e. The first-order chi connectivity index (χ1) is 7.29. The van der Waals surface area contributed by atoms with Gasteiger partial charge in [0.05, 0.1) is 6.04 Å². The van der Waals surface area contributed by atoms with Crippen molar-refractivity contribution in [1.29, 1.82) is 0 Å². The number of nitrogens with two attached hydrogens (primary N) is 1. The molecule has 0 radical (unpaired) electrons. The Balaban J connectivity index is 2.39. The average Bonchev–Trinajstić information content (AvgIpc) is 2.65. The van der Waals surface area contributed by atoms with Gasteiger partial charge in [-0.15, -0.1) is 11.3 Å². The van der Waals surface area contributed by atoms with E-state index in [-0.39, 0.29) is 12.6 Å². The summed E-state index contributed by atoms with van der Waals surface area (Å²) >= 11 is 1.75. The fourth-order valence-electron chi connectivity index (χ4n) is 1.54. The van der Waals surface area contributed by atoms with Gasteiger partial charge in [-0.25, -0.2) is 0 Å². The smallest absolute Gasteiger partial charge is 0.0541 e. The van der Waals surface area contributed by atoms with Gasteiger partial charge < -0.3 is 16.2 Å². The minimum atomic E-state index is 0.267. The standard InChI is InChI=1S/C11H20N2OS/c1-9-4-7-15-11(9)10(8-12)13-5-2-3-6-14/h4,7,10,13-14H,2-3,5-6,8,12H2,1H3. The van der Waals surface area contributed by atoms with Crippen LogP contribution in [0, 0.1) is 6.92 Å². The summed E-state index contributed by atoms with van der Waals surface area (Å²) in [6.45, 7) is 3.93. The van der Waals surface area contributed by atoms with Crippen LogP contribution in [0.25, 0.3) is 0 Å². The van der Waals surface area contributed by atoms with E-state index in [9.17, 15) is 0 Å². The topological polar surface area (TPSA) is 58.3 Å². The molecule has 15 heavy (non-hydrogen) atoms. The van der Waals surface area contributed by atoms with Crippen molar-refractivity contribution in [3.8, 4) is 0 Å². The van der Waals surface area contributed by atoms with Gasteiger partial charge in [-0.05, 0) is 43.3 Å². The minimum Gasteiger partial charge on any atom is -0.396 e.